The Labute approximate surface area is 103 Å². The van der Waals surface area contributed by atoms with E-state index in [1.54, 1.807) is 24.3 Å². The molecule has 2 aromatic rings. The lowest BCUT2D eigenvalue weighted by atomic mass is 10.0. The summed E-state index contributed by atoms with van der Waals surface area (Å²) in [7, 11) is 0. The summed E-state index contributed by atoms with van der Waals surface area (Å²) in [6.07, 6.45) is 0. The maximum absolute atomic E-state index is 10.8. The van der Waals surface area contributed by atoms with E-state index >= 15 is 0 Å². The van der Waals surface area contributed by atoms with Crippen LogP contribution in [0.15, 0.2) is 42.5 Å². The van der Waals surface area contributed by atoms with Crippen LogP contribution in [0.5, 0.6) is 5.75 Å². The molecule has 2 rings (SSSR count). The monoisotopic (exact) mass is 248 g/mol. The largest absolute Gasteiger partial charge is 0.507 e. The summed E-state index contributed by atoms with van der Waals surface area (Å²) < 4.78 is 0. The van der Waals surface area contributed by atoms with Gasteiger partial charge in [0.15, 0.2) is 0 Å². The van der Waals surface area contributed by atoms with E-state index in [1.165, 1.54) is 18.2 Å². The van der Waals surface area contributed by atoms with Crippen LogP contribution >= 0.6 is 11.6 Å². The topological polar surface area (TPSA) is 57.5 Å². The molecular formula is C13H9ClO3. The molecule has 0 aliphatic rings. The molecule has 0 atom stereocenters. The van der Waals surface area contributed by atoms with Crippen molar-refractivity contribution in [3.63, 3.8) is 0 Å². The second kappa shape index (κ2) is 4.47. The number of phenols is 1. The Morgan fingerprint density at radius 2 is 1.71 bits per heavy atom. The lowest BCUT2D eigenvalue weighted by Gasteiger charge is -2.06. The molecule has 0 aliphatic heterocycles. The number of benzene rings is 2. The van der Waals surface area contributed by atoms with Crippen LogP contribution in [-0.2, 0) is 0 Å². The first-order valence-electron chi connectivity index (χ1n) is 4.90. The van der Waals surface area contributed by atoms with Gasteiger partial charge < -0.3 is 10.2 Å². The Kier molecular flexibility index (Phi) is 3.02. The van der Waals surface area contributed by atoms with Gasteiger partial charge in [0.1, 0.15) is 5.75 Å². The molecule has 3 nitrogen and oxygen atoms in total. The Morgan fingerprint density at radius 3 is 2.29 bits per heavy atom. The van der Waals surface area contributed by atoms with E-state index in [1.807, 2.05) is 0 Å². The highest BCUT2D eigenvalue weighted by Gasteiger charge is 2.09. The first-order chi connectivity index (χ1) is 8.08. The van der Waals surface area contributed by atoms with Crippen LogP contribution in [0.1, 0.15) is 10.4 Å². The first kappa shape index (κ1) is 11.5. The molecule has 0 saturated carbocycles. The molecule has 0 saturated heterocycles. The van der Waals surface area contributed by atoms with Gasteiger partial charge in [-0.2, -0.15) is 0 Å². The molecular weight excluding hydrogens is 240 g/mol. The Balaban J connectivity index is 2.54. The first-order valence-corrected chi connectivity index (χ1v) is 5.28. The lowest BCUT2D eigenvalue weighted by Crippen LogP contribution is -1.96. The highest BCUT2D eigenvalue weighted by Crippen LogP contribution is 2.30. The van der Waals surface area contributed by atoms with Crippen molar-refractivity contribution < 1.29 is 15.0 Å². The fraction of sp³-hybridized carbons (Fsp3) is 0. The zero-order chi connectivity index (χ0) is 12.4. The minimum Gasteiger partial charge on any atom is -0.507 e. The van der Waals surface area contributed by atoms with Gasteiger partial charge in [-0.25, -0.2) is 4.79 Å². The summed E-state index contributed by atoms with van der Waals surface area (Å²) in [5.41, 5.74) is 1.32. The van der Waals surface area contributed by atoms with E-state index in [0.717, 1.165) is 5.56 Å². The second-order valence-corrected chi connectivity index (χ2v) is 3.98. The standard InChI is InChI=1S/C13H9ClO3/c14-10-4-1-8(2-5-10)11-7-9(13(16)17)3-6-12(11)15/h1-7,15H,(H,16,17). The Bertz CT molecular complexity index is 561. The molecule has 17 heavy (non-hydrogen) atoms. The van der Waals surface area contributed by atoms with Crippen molar-refractivity contribution in [3.05, 3.63) is 53.1 Å². The van der Waals surface area contributed by atoms with Crippen molar-refractivity contribution in [1.29, 1.82) is 0 Å². The van der Waals surface area contributed by atoms with Gasteiger partial charge in [-0.15, -0.1) is 0 Å². The molecule has 0 amide bonds. The number of aromatic carboxylic acids is 1. The predicted octanol–water partition coefficient (Wildman–Crippen LogP) is 3.41. The van der Waals surface area contributed by atoms with Crippen LogP contribution in [0, 0.1) is 0 Å². The normalized spacial score (nSPS) is 10.2. The van der Waals surface area contributed by atoms with Gasteiger partial charge in [0.05, 0.1) is 5.56 Å². The Morgan fingerprint density at radius 1 is 1.06 bits per heavy atom. The molecule has 86 valence electrons. The fourth-order valence-corrected chi connectivity index (χ4v) is 1.66. The number of carbonyl (C=O) groups is 1. The van der Waals surface area contributed by atoms with Gasteiger partial charge in [-0.05, 0) is 35.9 Å². The van der Waals surface area contributed by atoms with E-state index in [9.17, 15) is 9.90 Å². The lowest BCUT2D eigenvalue weighted by molar-refractivity contribution is 0.0697. The highest BCUT2D eigenvalue weighted by atomic mass is 35.5. The van der Waals surface area contributed by atoms with Crippen molar-refractivity contribution >= 4 is 17.6 Å². The number of hydrogen-bond acceptors (Lipinski definition) is 2. The minimum absolute atomic E-state index is 0.0392. The van der Waals surface area contributed by atoms with Crippen LogP contribution < -0.4 is 0 Å². The van der Waals surface area contributed by atoms with Crippen molar-refractivity contribution in [2.45, 2.75) is 0 Å². The summed E-state index contributed by atoms with van der Waals surface area (Å²) in [5.74, 6) is -0.988. The maximum atomic E-state index is 10.8. The van der Waals surface area contributed by atoms with Gasteiger partial charge in [0.2, 0.25) is 0 Å². The number of carboxylic acid groups (broad SMARTS) is 1. The van der Waals surface area contributed by atoms with Crippen molar-refractivity contribution in [1.82, 2.24) is 0 Å². The van der Waals surface area contributed by atoms with Crippen LogP contribution in [0.25, 0.3) is 11.1 Å². The maximum Gasteiger partial charge on any atom is 0.335 e. The van der Waals surface area contributed by atoms with Gasteiger partial charge in [-0.3, -0.25) is 0 Å². The average molecular weight is 249 g/mol. The fourth-order valence-electron chi connectivity index (χ4n) is 1.53. The minimum atomic E-state index is -1.03. The van der Waals surface area contributed by atoms with Gasteiger partial charge in [0, 0.05) is 10.6 Å². The van der Waals surface area contributed by atoms with E-state index in [0.29, 0.717) is 10.6 Å². The molecule has 0 radical (unpaired) electrons. The molecule has 0 bridgehead atoms. The number of rotatable bonds is 2. The van der Waals surface area contributed by atoms with Crippen LogP contribution in [-0.4, -0.2) is 16.2 Å². The smallest absolute Gasteiger partial charge is 0.335 e. The molecule has 0 spiro atoms. The second-order valence-electron chi connectivity index (χ2n) is 3.54. The van der Waals surface area contributed by atoms with Crippen molar-refractivity contribution in [2.75, 3.05) is 0 Å². The molecule has 4 heteroatoms. The molecule has 2 aromatic carbocycles. The number of hydrogen-bond donors (Lipinski definition) is 2. The molecule has 0 heterocycles. The third-order valence-electron chi connectivity index (χ3n) is 2.40. The summed E-state index contributed by atoms with van der Waals surface area (Å²) >= 11 is 5.76. The van der Waals surface area contributed by atoms with E-state index in [2.05, 4.69) is 0 Å². The van der Waals surface area contributed by atoms with Crippen LogP contribution in [0.3, 0.4) is 0 Å². The molecule has 2 N–H and O–H groups in total. The van der Waals surface area contributed by atoms with Crippen LogP contribution in [0.4, 0.5) is 0 Å². The molecule has 0 aliphatic carbocycles. The zero-order valence-electron chi connectivity index (χ0n) is 8.72. The van der Waals surface area contributed by atoms with Crippen molar-refractivity contribution in [2.24, 2.45) is 0 Å². The molecule has 0 unspecified atom stereocenters. The van der Waals surface area contributed by atoms with Gasteiger partial charge in [-0.1, -0.05) is 23.7 Å². The quantitative estimate of drug-likeness (QED) is 0.856. The average Bonchev–Trinajstić information content (AvgIpc) is 2.31. The zero-order valence-corrected chi connectivity index (χ0v) is 9.48. The predicted molar refractivity (Wildman–Crippen MR) is 65.5 cm³/mol. The van der Waals surface area contributed by atoms with E-state index in [-0.39, 0.29) is 11.3 Å². The Hall–Kier alpha value is -2.00. The summed E-state index contributed by atoms with van der Waals surface area (Å²) in [6, 6.07) is 11.0. The number of halogens is 1. The van der Waals surface area contributed by atoms with Crippen LogP contribution in [0.2, 0.25) is 5.02 Å². The third-order valence-corrected chi connectivity index (χ3v) is 2.65. The number of carboxylic acids is 1. The SMILES string of the molecule is O=C(O)c1ccc(O)c(-c2ccc(Cl)cc2)c1. The third kappa shape index (κ3) is 2.40. The van der Waals surface area contributed by atoms with E-state index in [4.69, 9.17) is 16.7 Å². The summed E-state index contributed by atoms with van der Waals surface area (Å²) in [4.78, 5) is 10.8. The number of aromatic hydroxyl groups is 1. The highest BCUT2D eigenvalue weighted by molar-refractivity contribution is 6.30. The molecule has 0 aromatic heterocycles. The summed E-state index contributed by atoms with van der Waals surface area (Å²) in [5, 5.41) is 19.2. The van der Waals surface area contributed by atoms with E-state index < -0.39 is 5.97 Å². The van der Waals surface area contributed by atoms with Crippen molar-refractivity contribution in [3.8, 4) is 16.9 Å². The van der Waals surface area contributed by atoms with Gasteiger partial charge in [0.25, 0.3) is 0 Å². The summed E-state index contributed by atoms with van der Waals surface area (Å²) in [6.45, 7) is 0. The molecule has 0 fully saturated rings. The number of phenolic OH excluding ortho intramolecular Hbond substituents is 1. The van der Waals surface area contributed by atoms with Gasteiger partial charge >= 0.3 is 5.97 Å².